The average molecular weight is 161 g/mol. The predicted molar refractivity (Wildman–Crippen MR) is 46.1 cm³/mol. The van der Waals surface area contributed by atoms with Crippen molar-refractivity contribution >= 4 is 11.0 Å². The molecule has 0 aliphatic carbocycles. The van der Waals surface area contributed by atoms with Crippen molar-refractivity contribution in [3.63, 3.8) is 0 Å². The third-order valence-corrected chi connectivity index (χ3v) is 2.46. The van der Waals surface area contributed by atoms with E-state index in [2.05, 4.69) is 11.3 Å². The first kappa shape index (κ1) is 9.85. The molecule has 0 bridgehead atoms. The molecule has 0 aromatic carbocycles. The second-order valence-corrected chi connectivity index (χ2v) is 5.07. The molecular weight excluding hydrogens is 146 g/mol. The standard InChI is InChI=1S/C7H15NOS/c1-5-6-8-10(9)7(2,3)4/h5,8H,1,6H2,2-4H3/t10-/m1/s1. The first-order valence-corrected chi connectivity index (χ1v) is 4.39. The van der Waals surface area contributed by atoms with Crippen LogP contribution >= 0.6 is 0 Å². The van der Waals surface area contributed by atoms with Gasteiger partial charge in [0.15, 0.2) is 0 Å². The first-order chi connectivity index (χ1) is 4.48. The lowest BCUT2D eigenvalue weighted by Crippen LogP contribution is -2.33. The Kier molecular flexibility index (Phi) is 3.83. The molecule has 3 heteroatoms. The maximum atomic E-state index is 11.2. The van der Waals surface area contributed by atoms with Gasteiger partial charge < -0.3 is 0 Å². The Morgan fingerprint density at radius 3 is 2.40 bits per heavy atom. The van der Waals surface area contributed by atoms with E-state index in [0.717, 1.165) is 0 Å². The fourth-order valence-electron chi connectivity index (χ4n) is 0.351. The Labute approximate surface area is 65.3 Å². The van der Waals surface area contributed by atoms with Crippen molar-refractivity contribution < 1.29 is 4.21 Å². The lowest BCUT2D eigenvalue weighted by atomic mass is 10.3. The summed E-state index contributed by atoms with van der Waals surface area (Å²) in [5.74, 6) is 0. The van der Waals surface area contributed by atoms with E-state index < -0.39 is 11.0 Å². The molecule has 0 fully saturated rings. The van der Waals surface area contributed by atoms with Crippen LogP contribution in [0.5, 0.6) is 0 Å². The monoisotopic (exact) mass is 161 g/mol. The summed E-state index contributed by atoms with van der Waals surface area (Å²) in [6.07, 6.45) is 1.70. The lowest BCUT2D eigenvalue weighted by molar-refractivity contribution is 0.639. The summed E-state index contributed by atoms with van der Waals surface area (Å²) in [6, 6.07) is 0. The lowest BCUT2D eigenvalue weighted by Gasteiger charge is -2.16. The van der Waals surface area contributed by atoms with Crippen molar-refractivity contribution in [2.45, 2.75) is 25.5 Å². The van der Waals surface area contributed by atoms with E-state index in [-0.39, 0.29) is 4.75 Å². The van der Waals surface area contributed by atoms with Gasteiger partial charge in [0.25, 0.3) is 0 Å². The van der Waals surface area contributed by atoms with E-state index in [1.807, 2.05) is 20.8 Å². The summed E-state index contributed by atoms with van der Waals surface area (Å²) >= 11 is 0. The van der Waals surface area contributed by atoms with Gasteiger partial charge in [-0.25, -0.2) is 8.93 Å². The maximum Gasteiger partial charge on any atom is 0.0973 e. The van der Waals surface area contributed by atoms with Gasteiger partial charge in [-0.1, -0.05) is 6.08 Å². The molecule has 0 heterocycles. The van der Waals surface area contributed by atoms with Crippen molar-refractivity contribution in [3.8, 4) is 0 Å². The van der Waals surface area contributed by atoms with Gasteiger partial charge in [0.1, 0.15) is 0 Å². The van der Waals surface area contributed by atoms with Crippen LogP contribution in [0.15, 0.2) is 12.7 Å². The van der Waals surface area contributed by atoms with Crippen LogP contribution in [-0.2, 0) is 11.0 Å². The summed E-state index contributed by atoms with van der Waals surface area (Å²) in [4.78, 5) is 0. The minimum absolute atomic E-state index is 0.178. The third-order valence-electron chi connectivity index (χ3n) is 0.915. The molecule has 2 nitrogen and oxygen atoms in total. The second kappa shape index (κ2) is 3.88. The summed E-state index contributed by atoms with van der Waals surface area (Å²) in [5.41, 5.74) is 0. The molecule has 0 aromatic rings. The van der Waals surface area contributed by atoms with Crippen LogP contribution in [0.25, 0.3) is 0 Å². The van der Waals surface area contributed by atoms with Gasteiger partial charge in [-0.3, -0.25) is 0 Å². The van der Waals surface area contributed by atoms with Gasteiger partial charge in [0.2, 0.25) is 0 Å². The highest BCUT2D eigenvalue weighted by Gasteiger charge is 2.17. The SMILES string of the molecule is C=CCN[S@](=O)C(C)(C)C. The van der Waals surface area contributed by atoms with Gasteiger partial charge in [-0.15, -0.1) is 6.58 Å². The van der Waals surface area contributed by atoms with Crippen molar-refractivity contribution in [1.82, 2.24) is 4.72 Å². The molecule has 0 rings (SSSR count). The Bertz CT molecular complexity index is 137. The number of nitrogens with one attached hydrogen (secondary N) is 1. The topological polar surface area (TPSA) is 29.1 Å². The molecule has 0 amide bonds. The Hall–Kier alpha value is -0.150. The van der Waals surface area contributed by atoms with E-state index in [4.69, 9.17) is 0 Å². The van der Waals surface area contributed by atoms with Gasteiger partial charge in [-0.2, -0.15) is 0 Å². The molecule has 0 spiro atoms. The molecule has 1 N–H and O–H groups in total. The zero-order valence-corrected chi connectivity index (χ0v) is 7.62. The maximum absolute atomic E-state index is 11.2. The highest BCUT2D eigenvalue weighted by Crippen LogP contribution is 2.07. The molecule has 0 aliphatic rings. The zero-order valence-electron chi connectivity index (χ0n) is 6.81. The molecule has 0 saturated heterocycles. The summed E-state index contributed by atoms with van der Waals surface area (Å²) in [5, 5.41) is 0. The number of rotatable bonds is 3. The van der Waals surface area contributed by atoms with Crippen LogP contribution in [0.3, 0.4) is 0 Å². The smallest absolute Gasteiger partial charge is 0.0973 e. The Balaban J connectivity index is 3.74. The molecule has 0 unspecified atom stereocenters. The summed E-state index contributed by atoms with van der Waals surface area (Å²) in [6.45, 7) is 9.91. The van der Waals surface area contributed by atoms with E-state index in [1.54, 1.807) is 6.08 Å². The van der Waals surface area contributed by atoms with Crippen LogP contribution in [0, 0.1) is 0 Å². The minimum Gasteiger partial charge on any atom is -0.242 e. The fraction of sp³-hybridized carbons (Fsp3) is 0.714. The van der Waals surface area contributed by atoms with Gasteiger partial charge in [-0.05, 0) is 20.8 Å². The van der Waals surface area contributed by atoms with Crippen LogP contribution in [0.1, 0.15) is 20.8 Å². The Morgan fingerprint density at radius 1 is 1.60 bits per heavy atom. The number of hydrogen-bond donors (Lipinski definition) is 1. The quantitative estimate of drug-likeness (QED) is 0.620. The fourth-order valence-corrected chi connectivity index (χ4v) is 1.05. The molecule has 60 valence electrons. The third kappa shape index (κ3) is 3.80. The molecule has 1 atom stereocenters. The van der Waals surface area contributed by atoms with Gasteiger partial charge in [0, 0.05) is 6.54 Å². The molecule has 0 aliphatic heterocycles. The highest BCUT2D eigenvalue weighted by molar-refractivity contribution is 7.84. The van der Waals surface area contributed by atoms with Crippen molar-refractivity contribution in [2.75, 3.05) is 6.54 Å². The van der Waals surface area contributed by atoms with E-state index in [1.165, 1.54) is 0 Å². The molecular formula is C7H15NOS. The van der Waals surface area contributed by atoms with Gasteiger partial charge >= 0.3 is 0 Å². The minimum atomic E-state index is -0.958. The molecule has 0 aromatic heterocycles. The summed E-state index contributed by atoms with van der Waals surface area (Å²) < 4.78 is 13.8. The van der Waals surface area contributed by atoms with Crippen molar-refractivity contribution in [2.24, 2.45) is 0 Å². The van der Waals surface area contributed by atoms with Crippen molar-refractivity contribution in [1.29, 1.82) is 0 Å². The zero-order chi connectivity index (χ0) is 8.20. The van der Waals surface area contributed by atoms with Crippen LogP contribution in [0.2, 0.25) is 0 Å². The second-order valence-electron chi connectivity index (χ2n) is 3.02. The molecule has 0 radical (unpaired) electrons. The van der Waals surface area contributed by atoms with E-state index >= 15 is 0 Å². The molecule has 0 saturated carbocycles. The largest absolute Gasteiger partial charge is 0.242 e. The van der Waals surface area contributed by atoms with E-state index in [0.29, 0.717) is 6.54 Å². The highest BCUT2D eigenvalue weighted by atomic mass is 32.2. The normalized spacial score (nSPS) is 14.7. The van der Waals surface area contributed by atoms with Crippen LogP contribution in [0.4, 0.5) is 0 Å². The Morgan fingerprint density at radius 2 is 2.10 bits per heavy atom. The summed E-state index contributed by atoms with van der Waals surface area (Å²) in [7, 11) is -0.958. The first-order valence-electron chi connectivity index (χ1n) is 3.24. The average Bonchev–Trinajstić information content (AvgIpc) is 1.80. The van der Waals surface area contributed by atoms with Crippen LogP contribution in [-0.4, -0.2) is 15.5 Å². The van der Waals surface area contributed by atoms with Crippen molar-refractivity contribution in [3.05, 3.63) is 12.7 Å². The molecule has 10 heavy (non-hydrogen) atoms. The number of hydrogen-bond acceptors (Lipinski definition) is 1. The van der Waals surface area contributed by atoms with Crippen LogP contribution < -0.4 is 4.72 Å². The van der Waals surface area contributed by atoms with E-state index in [9.17, 15) is 4.21 Å². The van der Waals surface area contributed by atoms with Gasteiger partial charge in [0.05, 0.1) is 15.7 Å². The predicted octanol–water partition coefficient (Wildman–Crippen LogP) is 1.22.